The molecular formula is C17H23N3O3. The molecule has 124 valence electrons. The van der Waals surface area contributed by atoms with Gasteiger partial charge in [-0.25, -0.2) is 0 Å². The van der Waals surface area contributed by atoms with Crippen LogP contribution >= 0.6 is 0 Å². The van der Waals surface area contributed by atoms with Crippen LogP contribution in [0.4, 0.5) is 0 Å². The van der Waals surface area contributed by atoms with Crippen LogP contribution in [0.1, 0.15) is 30.8 Å². The van der Waals surface area contributed by atoms with Crippen LogP contribution in [0.2, 0.25) is 0 Å². The van der Waals surface area contributed by atoms with Crippen molar-refractivity contribution in [2.75, 3.05) is 20.3 Å². The molecule has 23 heavy (non-hydrogen) atoms. The highest BCUT2D eigenvalue weighted by Crippen LogP contribution is 2.22. The molecular weight excluding hydrogens is 294 g/mol. The maximum atomic E-state index is 12.1. The van der Waals surface area contributed by atoms with Gasteiger partial charge in [0.15, 0.2) is 0 Å². The standard InChI is InChI=1S/C17H23N3O3/c1-12(2)23-9-5-8-18-17(21)16-11-15(19-20-16)13-6-4-7-14(10-13)22-3/h4,6-7,10-12H,5,8-9H2,1-3H3,(H,18,21)(H,19,20). The van der Waals surface area contributed by atoms with Gasteiger partial charge in [-0.1, -0.05) is 12.1 Å². The van der Waals surface area contributed by atoms with E-state index < -0.39 is 0 Å². The van der Waals surface area contributed by atoms with Gasteiger partial charge >= 0.3 is 0 Å². The first-order valence-corrected chi connectivity index (χ1v) is 7.70. The van der Waals surface area contributed by atoms with Gasteiger partial charge in [0.2, 0.25) is 0 Å². The van der Waals surface area contributed by atoms with Gasteiger partial charge in [-0.05, 0) is 38.5 Å². The van der Waals surface area contributed by atoms with E-state index >= 15 is 0 Å². The average Bonchev–Trinajstić information content (AvgIpc) is 3.04. The van der Waals surface area contributed by atoms with Gasteiger partial charge in [-0.15, -0.1) is 0 Å². The molecule has 2 N–H and O–H groups in total. The molecule has 0 fully saturated rings. The molecule has 2 rings (SSSR count). The second kappa shape index (κ2) is 8.33. The predicted molar refractivity (Wildman–Crippen MR) is 88.6 cm³/mol. The van der Waals surface area contributed by atoms with E-state index in [-0.39, 0.29) is 12.0 Å². The third-order valence-corrected chi connectivity index (χ3v) is 3.25. The van der Waals surface area contributed by atoms with Crippen LogP contribution in [0.25, 0.3) is 11.3 Å². The number of H-pyrrole nitrogens is 1. The summed E-state index contributed by atoms with van der Waals surface area (Å²) in [5, 5.41) is 9.80. The first kappa shape index (κ1) is 17.0. The number of methoxy groups -OCH3 is 1. The fourth-order valence-corrected chi connectivity index (χ4v) is 2.06. The van der Waals surface area contributed by atoms with E-state index in [1.165, 1.54) is 0 Å². The van der Waals surface area contributed by atoms with Crippen LogP contribution in [-0.2, 0) is 4.74 Å². The molecule has 1 aromatic carbocycles. The number of nitrogens with zero attached hydrogens (tertiary/aromatic N) is 1. The molecule has 0 unspecified atom stereocenters. The number of amides is 1. The highest BCUT2D eigenvalue weighted by atomic mass is 16.5. The number of aromatic amines is 1. The van der Waals surface area contributed by atoms with Crippen molar-refractivity contribution in [1.29, 1.82) is 0 Å². The minimum atomic E-state index is -0.170. The van der Waals surface area contributed by atoms with Gasteiger partial charge in [0.25, 0.3) is 5.91 Å². The third-order valence-electron chi connectivity index (χ3n) is 3.25. The zero-order chi connectivity index (χ0) is 16.7. The summed E-state index contributed by atoms with van der Waals surface area (Å²) in [6.45, 7) is 5.18. The van der Waals surface area contributed by atoms with Crippen molar-refractivity contribution in [3.8, 4) is 17.0 Å². The van der Waals surface area contributed by atoms with Crippen molar-refractivity contribution >= 4 is 5.91 Å². The number of carbonyl (C=O) groups is 1. The van der Waals surface area contributed by atoms with Crippen molar-refractivity contribution in [2.24, 2.45) is 0 Å². The normalized spacial score (nSPS) is 10.8. The first-order valence-electron chi connectivity index (χ1n) is 7.70. The molecule has 0 aliphatic carbocycles. The van der Waals surface area contributed by atoms with E-state index in [0.717, 1.165) is 17.7 Å². The Morgan fingerprint density at radius 2 is 2.17 bits per heavy atom. The van der Waals surface area contributed by atoms with Gasteiger partial charge in [-0.2, -0.15) is 5.10 Å². The van der Waals surface area contributed by atoms with E-state index in [1.807, 2.05) is 38.1 Å². The van der Waals surface area contributed by atoms with Crippen LogP contribution in [-0.4, -0.2) is 42.5 Å². The molecule has 1 amide bonds. The zero-order valence-electron chi connectivity index (χ0n) is 13.8. The molecule has 6 nitrogen and oxygen atoms in total. The monoisotopic (exact) mass is 317 g/mol. The van der Waals surface area contributed by atoms with Gasteiger partial charge in [0.05, 0.1) is 18.9 Å². The number of carbonyl (C=O) groups excluding carboxylic acids is 1. The number of aromatic nitrogens is 2. The lowest BCUT2D eigenvalue weighted by molar-refractivity contribution is 0.0756. The number of nitrogens with one attached hydrogen (secondary N) is 2. The minimum Gasteiger partial charge on any atom is -0.497 e. The Labute approximate surface area is 136 Å². The minimum absolute atomic E-state index is 0.170. The van der Waals surface area contributed by atoms with Crippen LogP contribution in [0, 0.1) is 0 Å². The summed E-state index contributed by atoms with van der Waals surface area (Å²) in [6.07, 6.45) is 0.990. The lowest BCUT2D eigenvalue weighted by Crippen LogP contribution is -2.25. The Bertz CT molecular complexity index is 638. The Morgan fingerprint density at radius 1 is 1.35 bits per heavy atom. The summed E-state index contributed by atoms with van der Waals surface area (Å²) >= 11 is 0. The molecule has 0 spiro atoms. The molecule has 0 radical (unpaired) electrons. The van der Waals surface area contributed by atoms with E-state index in [9.17, 15) is 4.79 Å². The fraction of sp³-hybridized carbons (Fsp3) is 0.412. The first-order chi connectivity index (χ1) is 11.1. The number of rotatable bonds is 8. The number of benzene rings is 1. The second-order valence-corrected chi connectivity index (χ2v) is 5.43. The fourth-order valence-electron chi connectivity index (χ4n) is 2.06. The average molecular weight is 317 g/mol. The summed E-state index contributed by atoms with van der Waals surface area (Å²) in [5.74, 6) is 0.581. The molecule has 0 saturated carbocycles. The molecule has 1 aromatic heterocycles. The molecule has 0 saturated heterocycles. The van der Waals surface area contributed by atoms with Crippen molar-refractivity contribution < 1.29 is 14.3 Å². The highest BCUT2D eigenvalue weighted by Gasteiger charge is 2.11. The van der Waals surface area contributed by atoms with Gasteiger partial charge in [-0.3, -0.25) is 9.89 Å². The van der Waals surface area contributed by atoms with Gasteiger partial charge in [0.1, 0.15) is 11.4 Å². The molecule has 0 aliphatic heterocycles. The lowest BCUT2D eigenvalue weighted by Gasteiger charge is -2.07. The smallest absolute Gasteiger partial charge is 0.269 e. The molecule has 0 bridgehead atoms. The van der Waals surface area contributed by atoms with Crippen LogP contribution < -0.4 is 10.1 Å². The maximum absolute atomic E-state index is 12.1. The van der Waals surface area contributed by atoms with E-state index in [4.69, 9.17) is 9.47 Å². The number of ether oxygens (including phenoxy) is 2. The Morgan fingerprint density at radius 3 is 2.91 bits per heavy atom. The van der Waals surface area contributed by atoms with E-state index in [1.54, 1.807) is 13.2 Å². The largest absolute Gasteiger partial charge is 0.497 e. The summed E-state index contributed by atoms with van der Waals surface area (Å²) in [7, 11) is 1.62. The van der Waals surface area contributed by atoms with Gasteiger partial charge < -0.3 is 14.8 Å². The summed E-state index contributed by atoms with van der Waals surface area (Å²) in [5.41, 5.74) is 2.04. The SMILES string of the molecule is COc1cccc(-c2cc(C(=O)NCCCOC(C)C)[nH]n2)c1. The molecule has 2 aromatic rings. The molecule has 0 aliphatic rings. The van der Waals surface area contributed by atoms with Crippen LogP contribution in [0.3, 0.4) is 0 Å². The highest BCUT2D eigenvalue weighted by molar-refractivity contribution is 5.93. The summed E-state index contributed by atoms with van der Waals surface area (Å²) in [4.78, 5) is 12.1. The van der Waals surface area contributed by atoms with E-state index in [0.29, 0.717) is 24.5 Å². The van der Waals surface area contributed by atoms with Crippen molar-refractivity contribution in [3.05, 3.63) is 36.0 Å². The molecule has 6 heteroatoms. The van der Waals surface area contributed by atoms with Crippen molar-refractivity contribution in [2.45, 2.75) is 26.4 Å². The Balaban J connectivity index is 1.89. The van der Waals surface area contributed by atoms with E-state index in [2.05, 4.69) is 15.5 Å². The van der Waals surface area contributed by atoms with Crippen LogP contribution in [0.15, 0.2) is 30.3 Å². The van der Waals surface area contributed by atoms with Crippen LogP contribution in [0.5, 0.6) is 5.75 Å². The third kappa shape index (κ3) is 5.10. The zero-order valence-corrected chi connectivity index (χ0v) is 13.8. The molecule has 0 atom stereocenters. The summed E-state index contributed by atoms with van der Waals surface area (Å²) in [6, 6.07) is 9.28. The second-order valence-electron chi connectivity index (χ2n) is 5.43. The number of hydrogen-bond donors (Lipinski definition) is 2. The van der Waals surface area contributed by atoms with Gasteiger partial charge in [0, 0.05) is 18.7 Å². The quantitative estimate of drug-likeness (QED) is 0.734. The van der Waals surface area contributed by atoms with Crippen molar-refractivity contribution in [3.63, 3.8) is 0 Å². The summed E-state index contributed by atoms with van der Waals surface area (Å²) < 4.78 is 10.6. The Hall–Kier alpha value is -2.34. The number of hydrogen-bond acceptors (Lipinski definition) is 4. The molecule has 1 heterocycles. The topological polar surface area (TPSA) is 76.2 Å². The maximum Gasteiger partial charge on any atom is 0.269 e. The Kier molecular flexibility index (Phi) is 6.17. The lowest BCUT2D eigenvalue weighted by atomic mass is 10.1. The predicted octanol–water partition coefficient (Wildman–Crippen LogP) is 2.63. The van der Waals surface area contributed by atoms with Crippen molar-refractivity contribution in [1.82, 2.24) is 15.5 Å².